The molecule has 7 rings (SSSR count). The van der Waals surface area contributed by atoms with Gasteiger partial charge in [0.15, 0.2) is 17.1 Å². The first kappa shape index (κ1) is 35.5. The molecule has 4 amide bonds. The van der Waals surface area contributed by atoms with Crippen LogP contribution in [-0.2, 0) is 20.9 Å². The van der Waals surface area contributed by atoms with Gasteiger partial charge in [-0.2, -0.15) is 0 Å². The summed E-state index contributed by atoms with van der Waals surface area (Å²) in [6, 6.07) is 15.6. The van der Waals surface area contributed by atoms with Crippen molar-refractivity contribution in [1.29, 1.82) is 0 Å². The van der Waals surface area contributed by atoms with Gasteiger partial charge < -0.3 is 40.2 Å². The van der Waals surface area contributed by atoms with Crippen LogP contribution in [-0.4, -0.2) is 92.0 Å². The largest absolute Gasteiger partial charge is 0.493 e. The fraction of sp³-hybridized carbons (Fsp3) is 0.405. The third-order valence-electron chi connectivity index (χ3n) is 9.36. The first-order valence-electron chi connectivity index (χ1n) is 17.0. The first-order valence-corrected chi connectivity index (χ1v) is 17.0. The summed E-state index contributed by atoms with van der Waals surface area (Å²) >= 11 is 0. The molecule has 4 aliphatic heterocycles. The van der Waals surface area contributed by atoms with E-state index in [0.29, 0.717) is 47.9 Å². The molecule has 3 aromatic carbocycles. The van der Waals surface area contributed by atoms with E-state index in [0.717, 1.165) is 6.42 Å². The lowest BCUT2D eigenvalue weighted by atomic mass is 9.88. The Hall–Kier alpha value is -5.37. The first-order chi connectivity index (χ1) is 24.6. The molecule has 270 valence electrons. The van der Waals surface area contributed by atoms with Crippen LogP contribution in [0.5, 0.6) is 28.7 Å². The fourth-order valence-corrected chi connectivity index (χ4v) is 6.76. The number of nitrogens with two attached hydrogens (primary N) is 1. The molecule has 0 aromatic heterocycles. The van der Waals surface area contributed by atoms with Gasteiger partial charge in [0.05, 0.1) is 26.1 Å². The van der Waals surface area contributed by atoms with Crippen LogP contribution >= 0.6 is 0 Å². The highest BCUT2D eigenvalue weighted by molar-refractivity contribution is 5.95. The average Bonchev–Trinajstić information content (AvgIpc) is 3.12. The van der Waals surface area contributed by atoms with Crippen LogP contribution in [0.25, 0.3) is 0 Å². The molecule has 3 aromatic rings. The number of carbonyl (C=O) groups excluding carboxylic acids is 4. The predicted molar refractivity (Wildman–Crippen MR) is 183 cm³/mol. The van der Waals surface area contributed by atoms with Gasteiger partial charge in [-0.25, -0.2) is 4.39 Å². The molecule has 1 unspecified atom stereocenters. The summed E-state index contributed by atoms with van der Waals surface area (Å²) in [6.45, 7) is 2.22. The van der Waals surface area contributed by atoms with E-state index in [9.17, 15) is 23.6 Å². The summed E-state index contributed by atoms with van der Waals surface area (Å²) in [5.41, 5.74) is 4.80. The molecule has 4 aliphatic rings. The molecule has 2 fully saturated rings. The van der Waals surface area contributed by atoms with Crippen molar-refractivity contribution in [3.8, 4) is 28.7 Å². The summed E-state index contributed by atoms with van der Waals surface area (Å²) in [7, 11) is 1.46. The van der Waals surface area contributed by atoms with Gasteiger partial charge in [-0.1, -0.05) is 0 Å². The zero-order valence-corrected chi connectivity index (χ0v) is 28.5. The van der Waals surface area contributed by atoms with E-state index in [1.165, 1.54) is 25.3 Å². The van der Waals surface area contributed by atoms with E-state index in [1.807, 2.05) is 4.90 Å². The second kappa shape index (κ2) is 15.7. The summed E-state index contributed by atoms with van der Waals surface area (Å²) in [5.74, 6) is -0.401. The van der Waals surface area contributed by atoms with Gasteiger partial charge in [0, 0.05) is 50.7 Å². The van der Waals surface area contributed by atoms with E-state index in [2.05, 4.69) is 10.6 Å². The van der Waals surface area contributed by atoms with Crippen LogP contribution in [0.15, 0.2) is 60.7 Å². The molecule has 4 N–H and O–H groups in total. The smallest absolute Gasteiger partial charge is 0.264 e. The van der Waals surface area contributed by atoms with Crippen LogP contribution in [0.4, 0.5) is 4.39 Å². The van der Waals surface area contributed by atoms with E-state index in [-0.39, 0.29) is 81.4 Å². The molecule has 0 aliphatic carbocycles. The van der Waals surface area contributed by atoms with Gasteiger partial charge in [0.25, 0.3) is 11.8 Å². The Morgan fingerprint density at radius 2 is 1.75 bits per heavy atom. The van der Waals surface area contributed by atoms with Crippen molar-refractivity contribution in [2.75, 3.05) is 53.0 Å². The number of nitrogens with one attached hydrogen (secondary N) is 2. The number of benzene rings is 3. The highest BCUT2D eigenvalue weighted by Crippen LogP contribution is 2.35. The summed E-state index contributed by atoms with van der Waals surface area (Å²) in [4.78, 5) is 55.7. The van der Waals surface area contributed by atoms with Crippen molar-refractivity contribution in [3.05, 3.63) is 77.6 Å². The number of hydrogen-bond acceptors (Lipinski definition) is 9. The van der Waals surface area contributed by atoms with Crippen molar-refractivity contribution < 1.29 is 42.5 Å². The number of carbonyl (C=O) groups is 4. The molecular formula is C37H42FN5O8. The lowest BCUT2D eigenvalue weighted by molar-refractivity contribution is -0.149. The molecule has 6 bridgehead atoms. The summed E-state index contributed by atoms with van der Waals surface area (Å²) < 4.78 is 38.6. The minimum absolute atomic E-state index is 0.0192. The number of rotatable bonds is 4. The summed E-state index contributed by atoms with van der Waals surface area (Å²) in [5, 5.41) is 5.73. The number of piperidine rings is 2. The molecule has 14 heteroatoms. The van der Waals surface area contributed by atoms with Gasteiger partial charge in [-0.3, -0.25) is 24.1 Å². The molecule has 0 saturated carbocycles. The van der Waals surface area contributed by atoms with Crippen molar-refractivity contribution in [3.63, 3.8) is 0 Å². The van der Waals surface area contributed by atoms with Crippen LogP contribution in [0.3, 0.4) is 0 Å². The number of halogens is 1. The molecule has 2 saturated heterocycles. The highest BCUT2D eigenvalue weighted by Gasteiger charge is 2.45. The zero-order valence-electron chi connectivity index (χ0n) is 28.5. The molecule has 13 nitrogen and oxygen atoms in total. The molecule has 51 heavy (non-hydrogen) atoms. The zero-order chi connectivity index (χ0) is 36.0. The third-order valence-corrected chi connectivity index (χ3v) is 9.36. The Labute approximate surface area is 295 Å². The second-order valence-electron chi connectivity index (χ2n) is 13.0. The van der Waals surface area contributed by atoms with Crippen LogP contribution < -0.4 is 35.3 Å². The standard InChI is InChI=1S/C37H42FN5O8/c1-48-31-9-4-25-19-32(31)50-30-18-24(17-27(38)20-30)21-41-36(47)37(51-29-7-5-28(6-8-29)49-16-12-40-34(25)45)10-14-43(15-11-37)35(46)26-3-2-13-42(22-26)23-33(39)44/h4-9,17-20,26H,2-3,10-16,21-23H2,1H3,(H2,39,44)(H,40,45)(H,41,47). The van der Waals surface area contributed by atoms with Crippen molar-refractivity contribution in [1.82, 2.24) is 20.4 Å². The molecule has 4 heterocycles. The van der Waals surface area contributed by atoms with E-state index < -0.39 is 23.2 Å². The van der Waals surface area contributed by atoms with Gasteiger partial charge >= 0.3 is 0 Å². The van der Waals surface area contributed by atoms with E-state index in [1.54, 1.807) is 47.4 Å². The second-order valence-corrected chi connectivity index (χ2v) is 13.0. The third kappa shape index (κ3) is 8.69. The quantitative estimate of drug-likeness (QED) is 0.371. The maximum absolute atomic E-state index is 14.9. The maximum Gasteiger partial charge on any atom is 0.264 e. The minimum atomic E-state index is -1.33. The normalized spacial score (nSPS) is 19.7. The lowest BCUT2D eigenvalue weighted by Gasteiger charge is -2.42. The average molecular weight is 704 g/mol. The number of fused-ring (bicyclic) bond motifs is 8. The Morgan fingerprint density at radius 1 is 0.980 bits per heavy atom. The summed E-state index contributed by atoms with van der Waals surface area (Å²) in [6.07, 6.45) is 1.93. The van der Waals surface area contributed by atoms with Gasteiger partial charge in [-0.05, 0) is 79.5 Å². The van der Waals surface area contributed by atoms with Crippen molar-refractivity contribution in [2.45, 2.75) is 37.8 Å². The Kier molecular flexibility index (Phi) is 10.9. The Morgan fingerprint density at radius 3 is 2.49 bits per heavy atom. The topological polar surface area (TPSA) is 162 Å². The van der Waals surface area contributed by atoms with Crippen LogP contribution in [0.2, 0.25) is 0 Å². The van der Waals surface area contributed by atoms with Gasteiger partial charge in [-0.15, -0.1) is 0 Å². The molecule has 1 atom stereocenters. The monoisotopic (exact) mass is 703 g/mol. The Bertz CT molecular complexity index is 1760. The van der Waals surface area contributed by atoms with Gasteiger partial charge in [0.1, 0.15) is 29.7 Å². The molecule has 0 radical (unpaired) electrons. The number of ether oxygens (including phenoxy) is 4. The molecule has 1 spiro atoms. The number of hydrogen-bond donors (Lipinski definition) is 3. The Balaban J connectivity index is 1.23. The number of nitrogens with zero attached hydrogens (tertiary/aromatic N) is 2. The van der Waals surface area contributed by atoms with E-state index in [4.69, 9.17) is 24.7 Å². The van der Waals surface area contributed by atoms with Crippen molar-refractivity contribution in [2.24, 2.45) is 11.7 Å². The fourth-order valence-electron chi connectivity index (χ4n) is 6.76. The highest BCUT2D eigenvalue weighted by atomic mass is 19.1. The SMILES string of the molecule is COc1ccc2cc1Oc1cc(F)cc(c1)CNC(=O)C1(CCN(C(=O)C3CCCN(CC(N)=O)C3)CC1)Oc1ccc(cc1)OCCNC2=O. The van der Waals surface area contributed by atoms with Crippen LogP contribution in [0, 0.1) is 11.7 Å². The number of primary amides is 1. The number of methoxy groups -OCH3 is 1. The van der Waals surface area contributed by atoms with E-state index >= 15 is 0 Å². The molecular weight excluding hydrogens is 661 g/mol. The van der Waals surface area contributed by atoms with Crippen LogP contribution in [0.1, 0.15) is 41.6 Å². The van der Waals surface area contributed by atoms with Gasteiger partial charge in [0.2, 0.25) is 11.8 Å². The maximum atomic E-state index is 14.9. The number of amides is 4. The number of likely N-dealkylation sites (tertiary alicyclic amines) is 2. The minimum Gasteiger partial charge on any atom is -0.493 e. The lowest BCUT2D eigenvalue weighted by Crippen LogP contribution is -2.59. The predicted octanol–water partition coefficient (Wildman–Crippen LogP) is 3.00. The van der Waals surface area contributed by atoms with Crippen molar-refractivity contribution >= 4 is 23.6 Å².